The summed E-state index contributed by atoms with van der Waals surface area (Å²) in [6.45, 7) is 3.09. The quantitative estimate of drug-likeness (QED) is 0.838. The molecule has 1 fully saturated rings. The minimum atomic E-state index is -0.858. The van der Waals surface area contributed by atoms with E-state index in [0.29, 0.717) is 24.3 Å². The Bertz CT molecular complexity index is 414. The summed E-state index contributed by atoms with van der Waals surface area (Å²) in [6, 6.07) is 3.27. The summed E-state index contributed by atoms with van der Waals surface area (Å²) >= 11 is 0. The fourth-order valence-electron chi connectivity index (χ4n) is 2.30. The zero-order valence-corrected chi connectivity index (χ0v) is 10.2. The summed E-state index contributed by atoms with van der Waals surface area (Å²) in [6.07, 6.45) is 0.929. The number of nitrogens with one attached hydrogen (secondary N) is 1. The van der Waals surface area contributed by atoms with Crippen molar-refractivity contribution >= 4 is 0 Å². The normalized spacial score (nSPS) is 24.0. The number of hydrogen-bond donors (Lipinski definition) is 2. The second-order valence-electron chi connectivity index (χ2n) is 4.76. The van der Waals surface area contributed by atoms with Gasteiger partial charge in [0.1, 0.15) is 11.6 Å². The predicted octanol–water partition coefficient (Wildman–Crippen LogP) is 1.41. The fraction of sp³-hybridized carbons (Fsp3) is 0.538. The van der Waals surface area contributed by atoms with E-state index in [1.54, 1.807) is 6.07 Å². The van der Waals surface area contributed by atoms with Crippen molar-refractivity contribution in [2.75, 3.05) is 20.2 Å². The Kier molecular flexibility index (Phi) is 3.35. The molecule has 2 N–H and O–H groups in total. The van der Waals surface area contributed by atoms with Crippen LogP contribution >= 0.6 is 0 Å². The van der Waals surface area contributed by atoms with E-state index in [-0.39, 0.29) is 12.2 Å². The lowest BCUT2D eigenvalue weighted by Gasteiger charge is -2.23. The molecule has 1 aromatic rings. The van der Waals surface area contributed by atoms with Crippen LogP contribution in [0.2, 0.25) is 0 Å². The molecule has 0 aliphatic carbocycles. The molecular formula is C13H18FNO2. The number of benzene rings is 1. The van der Waals surface area contributed by atoms with Gasteiger partial charge in [0.15, 0.2) is 0 Å². The molecule has 1 aromatic carbocycles. The highest BCUT2D eigenvalue weighted by Gasteiger charge is 2.33. The molecule has 94 valence electrons. The Hall–Kier alpha value is -1.13. The first-order valence-electron chi connectivity index (χ1n) is 5.80. The van der Waals surface area contributed by atoms with E-state index < -0.39 is 5.60 Å². The highest BCUT2D eigenvalue weighted by atomic mass is 19.1. The van der Waals surface area contributed by atoms with Gasteiger partial charge in [-0.25, -0.2) is 4.39 Å². The third kappa shape index (κ3) is 2.58. The van der Waals surface area contributed by atoms with E-state index in [0.717, 1.165) is 12.1 Å². The summed E-state index contributed by atoms with van der Waals surface area (Å²) in [5.41, 5.74) is 0.424. The average molecular weight is 239 g/mol. The van der Waals surface area contributed by atoms with Gasteiger partial charge in [-0.2, -0.15) is 0 Å². The summed E-state index contributed by atoms with van der Waals surface area (Å²) < 4.78 is 19.1. The minimum Gasteiger partial charge on any atom is -0.496 e. The standard InChI is InChI=1S/C13H18FNO2/c1-9-5-11(14)10(12(6-9)17-2)7-13(16)3-4-15-8-13/h5-6,15-16H,3-4,7-8H2,1-2H3. The summed E-state index contributed by atoms with van der Waals surface area (Å²) in [5, 5.41) is 13.4. The maximum atomic E-state index is 13.9. The Morgan fingerprint density at radius 3 is 2.88 bits per heavy atom. The molecule has 1 aliphatic rings. The fourth-order valence-corrected chi connectivity index (χ4v) is 2.30. The molecule has 3 nitrogen and oxygen atoms in total. The molecule has 1 saturated heterocycles. The predicted molar refractivity (Wildman–Crippen MR) is 63.8 cm³/mol. The van der Waals surface area contributed by atoms with Gasteiger partial charge in [0.05, 0.1) is 12.7 Å². The van der Waals surface area contributed by atoms with Gasteiger partial charge in [-0.15, -0.1) is 0 Å². The van der Waals surface area contributed by atoms with Gasteiger partial charge >= 0.3 is 0 Å². The highest BCUT2D eigenvalue weighted by Crippen LogP contribution is 2.29. The van der Waals surface area contributed by atoms with Crippen molar-refractivity contribution in [3.05, 3.63) is 29.1 Å². The topological polar surface area (TPSA) is 41.5 Å². The first-order chi connectivity index (χ1) is 8.04. The van der Waals surface area contributed by atoms with Gasteiger partial charge in [0, 0.05) is 18.5 Å². The Morgan fingerprint density at radius 1 is 1.53 bits per heavy atom. The van der Waals surface area contributed by atoms with Crippen molar-refractivity contribution < 1.29 is 14.2 Å². The van der Waals surface area contributed by atoms with E-state index >= 15 is 0 Å². The van der Waals surface area contributed by atoms with Crippen molar-refractivity contribution in [3.8, 4) is 5.75 Å². The zero-order chi connectivity index (χ0) is 12.5. The first-order valence-corrected chi connectivity index (χ1v) is 5.80. The molecule has 1 unspecified atom stereocenters. The molecule has 0 radical (unpaired) electrons. The highest BCUT2D eigenvalue weighted by molar-refractivity contribution is 5.39. The molecule has 1 heterocycles. The Labute approximate surface area is 101 Å². The molecule has 1 aliphatic heterocycles. The van der Waals surface area contributed by atoms with Gasteiger partial charge in [0.2, 0.25) is 0 Å². The first kappa shape index (κ1) is 12.3. The number of β-amino-alcohol motifs (C(OH)–C–C–N with tert-alkyl or cyclic N) is 1. The van der Waals surface area contributed by atoms with E-state index in [9.17, 15) is 9.50 Å². The van der Waals surface area contributed by atoms with E-state index in [2.05, 4.69) is 5.32 Å². The van der Waals surface area contributed by atoms with E-state index in [1.807, 2.05) is 6.92 Å². The zero-order valence-electron chi connectivity index (χ0n) is 10.2. The van der Waals surface area contributed by atoms with Crippen LogP contribution in [-0.2, 0) is 6.42 Å². The van der Waals surface area contributed by atoms with Crippen LogP contribution in [-0.4, -0.2) is 30.9 Å². The summed E-state index contributed by atoms with van der Waals surface area (Å²) in [5.74, 6) is 0.213. The monoisotopic (exact) mass is 239 g/mol. The lowest BCUT2D eigenvalue weighted by molar-refractivity contribution is 0.0603. The lowest BCUT2D eigenvalue weighted by Crippen LogP contribution is -2.34. The maximum Gasteiger partial charge on any atom is 0.130 e. The number of hydrogen-bond acceptors (Lipinski definition) is 3. The molecule has 0 spiro atoms. The largest absolute Gasteiger partial charge is 0.496 e. The van der Waals surface area contributed by atoms with Crippen molar-refractivity contribution in [1.82, 2.24) is 5.32 Å². The number of aryl methyl sites for hydroxylation is 1. The lowest BCUT2D eigenvalue weighted by atomic mass is 9.92. The number of ether oxygens (including phenoxy) is 1. The van der Waals surface area contributed by atoms with E-state index in [1.165, 1.54) is 13.2 Å². The van der Waals surface area contributed by atoms with Gasteiger partial charge in [-0.05, 0) is 37.6 Å². The molecular weight excluding hydrogens is 221 g/mol. The molecule has 0 saturated carbocycles. The van der Waals surface area contributed by atoms with Gasteiger partial charge in [0.25, 0.3) is 0 Å². The Balaban J connectivity index is 2.31. The van der Waals surface area contributed by atoms with Crippen LogP contribution in [0.1, 0.15) is 17.5 Å². The van der Waals surface area contributed by atoms with Crippen LogP contribution in [0.4, 0.5) is 4.39 Å². The van der Waals surface area contributed by atoms with Gasteiger partial charge in [-0.3, -0.25) is 0 Å². The van der Waals surface area contributed by atoms with Crippen LogP contribution in [0.15, 0.2) is 12.1 Å². The minimum absolute atomic E-state index is 0.287. The van der Waals surface area contributed by atoms with Crippen LogP contribution in [0.25, 0.3) is 0 Å². The molecule has 0 bridgehead atoms. The molecule has 4 heteroatoms. The molecule has 1 atom stereocenters. The number of rotatable bonds is 3. The Morgan fingerprint density at radius 2 is 2.29 bits per heavy atom. The van der Waals surface area contributed by atoms with E-state index in [4.69, 9.17) is 4.74 Å². The number of halogens is 1. The molecule has 0 amide bonds. The smallest absolute Gasteiger partial charge is 0.130 e. The van der Waals surface area contributed by atoms with Crippen molar-refractivity contribution in [2.45, 2.75) is 25.4 Å². The summed E-state index contributed by atoms with van der Waals surface area (Å²) in [4.78, 5) is 0. The van der Waals surface area contributed by atoms with Crippen molar-refractivity contribution in [2.24, 2.45) is 0 Å². The maximum absolute atomic E-state index is 13.9. The number of aliphatic hydroxyl groups is 1. The number of methoxy groups -OCH3 is 1. The van der Waals surface area contributed by atoms with Crippen molar-refractivity contribution in [1.29, 1.82) is 0 Å². The van der Waals surface area contributed by atoms with Crippen LogP contribution in [0.5, 0.6) is 5.75 Å². The second-order valence-corrected chi connectivity index (χ2v) is 4.76. The average Bonchev–Trinajstić information content (AvgIpc) is 2.69. The van der Waals surface area contributed by atoms with Crippen LogP contribution in [0.3, 0.4) is 0 Å². The summed E-state index contributed by atoms with van der Waals surface area (Å²) in [7, 11) is 1.52. The SMILES string of the molecule is COc1cc(C)cc(F)c1CC1(O)CCNC1. The van der Waals surface area contributed by atoms with Crippen molar-refractivity contribution in [3.63, 3.8) is 0 Å². The molecule has 17 heavy (non-hydrogen) atoms. The van der Waals surface area contributed by atoms with Gasteiger partial charge < -0.3 is 15.2 Å². The van der Waals surface area contributed by atoms with Crippen LogP contribution in [0, 0.1) is 12.7 Å². The molecule has 0 aromatic heterocycles. The van der Waals surface area contributed by atoms with Crippen LogP contribution < -0.4 is 10.1 Å². The third-order valence-electron chi connectivity index (χ3n) is 3.25. The second kappa shape index (κ2) is 4.63. The molecule has 2 rings (SSSR count). The van der Waals surface area contributed by atoms with Gasteiger partial charge in [-0.1, -0.05) is 0 Å². The third-order valence-corrected chi connectivity index (χ3v) is 3.25.